The van der Waals surface area contributed by atoms with Crippen molar-refractivity contribution >= 4 is 11.8 Å². The highest BCUT2D eigenvalue weighted by atomic mass is 16.7. The number of ether oxygens (including phenoxy) is 2. The number of hydrogen-bond donors (Lipinski definition) is 1. The van der Waals surface area contributed by atoms with Crippen molar-refractivity contribution in [2.24, 2.45) is 0 Å². The molecule has 0 aromatic heterocycles. The standard InChI is InChI=1S/C20H25NO3/c1-2-3-7-13-23-20(22)24-16-18-11-8-12-19(14-18)21-15-17-9-5-4-6-10-17/h4-6,8-12,14,21H,2-3,7,13,15-16H2,1H3. The first-order chi connectivity index (χ1) is 11.8. The fourth-order valence-electron chi connectivity index (χ4n) is 2.26. The van der Waals surface area contributed by atoms with Crippen LogP contribution < -0.4 is 5.32 Å². The number of carbonyl (C=O) groups excluding carboxylic acids is 1. The maximum Gasteiger partial charge on any atom is 0.508 e. The molecule has 128 valence electrons. The van der Waals surface area contributed by atoms with E-state index < -0.39 is 6.16 Å². The van der Waals surface area contributed by atoms with Crippen LogP contribution in [0, 0.1) is 0 Å². The maximum atomic E-state index is 11.5. The Morgan fingerprint density at radius 1 is 0.958 bits per heavy atom. The van der Waals surface area contributed by atoms with Crippen molar-refractivity contribution in [2.75, 3.05) is 11.9 Å². The molecule has 4 heteroatoms. The molecular formula is C20H25NO3. The fraction of sp³-hybridized carbons (Fsp3) is 0.350. The second kappa shape index (κ2) is 10.3. The lowest BCUT2D eigenvalue weighted by molar-refractivity contribution is 0.0488. The van der Waals surface area contributed by atoms with Gasteiger partial charge in [-0.15, -0.1) is 0 Å². The van der Waals surface area contributed by atoms with Gasteiger partial charge in [0.2, 0.25) is 0 Å². The highest BCUT2D eigenvalue weighted by molar-refractivity contribution is 5.60. The first-order valence-corrected chi connectivity index (χ1v) is 8.44. The molecule has 2 rings (SSSR count). The van der Waals surface area contributed by atoms with E-state index in [9.17, 15) is 4.79 Å². The molecule has 1 N–H and O–H groups in total. The van der Waals surface area contributed by atoms with Gasteiger partial charge in [-0.05, 0) is 29.7 Å². The summed E-state index contributed by atoms with van der Waals surface area (Å²) in [6.45, 7) is 3.50. The Morgan fingerprint density at radius 2 is 1.75 bits per heavy atom. The number of rotatable bonds is 9. The van der Waals surface area contributed by atoms with Crippen LogP contribution >= 0.6 is 0 Å². The van der Waals surface area contributed by atoms with Gasteiger partial charge in [0.05, 0.1) is 6.61 Å². The molecule has 2 aromatic rings. The minimum atomic E-state index is -0.603. The molecular weight excluding hydrogens is 302 g/mol. The molecule has 0 radical (unpaired) electrons. The van der Waals surface area contributed by atoms with E-state index in [1.165, 1.54) is 5.56 Å². The predicted molar refractivity (Wildman–Crippen MR) is 95.9 cm³/mol. The van der Waals surface area contributed by atoms with Gasteiger partial charge in [-0.2, -0.15) is 0 Å². The Morgan fingerprint density at radius 3 is 2.54 bits per heavy atom. The number of benzene rings is 2. The fourth-order valence-corrected chi connectivity index (χ4v) is 2.26. The van der Waals surface area contributed by atoms with Crippen molar-refractivity contribution in [3.63, 3.8) is 0 Å². The summed E-state index contributed by atoms with van der Waals surface area (Å²) < 4.78 is 10.2. The van der Waals surface area contributed by atoms with E-state index in [2.05, 4.69) is 24.4 Å². The molecule has 0 atom stereocenters. The van der Waals surface area contributed by atoms with Gasteiger partial charge >= 0.3 is 6.16 Å². The van der Waals surface area contributed by atoms with Crippen molar-refractivity contribution in [1.29, 1.82) is 0 Å². The lowest BCUT2D eigenvalue weighted by Crippen LogP contribution is -2.08. The highest BCUT2D eigenvalue weighted by Crippen LogP contribution is 2.13. The van der Waals surface area contributed by atoms with Gasteiger partial charge in [0.15, 0.2) is 0 Å². The summed E-state index contributed by atoms with van der Waals surface area (Å²) in [5.41, 5.74) is 3.14. The van der Waals surface area contributed by atoms with Crippen molar-refractivity contribution in [3.05, 3.63) is 65.7 Å². The normalized spacial score (nSPS) is 10.2. The first kappa shape index (κ1) is 17.9. The summed E-state index contributed by atoms with van der Waals surface area (Å²) in [6.07, 6.45) is 2.43. The molecule has 24 heavy (non-hydrogen) atoms. The zero-order valence-electron chi connectivity index (χ0n) is 14.2. The average molecular weight is 327 g/mol. The van der Waals surface area contributed by atoms with E-state index in [0.717, 1.165) is 37.1 Å². The SMILES string of the molecule is CCCCCOC(=O)OCc1cccc(NCc2ccccc2)c1. The van der Waals surface area contributed by atoms with Crippen molar-refractivity contribution in [2.45, 2.75) is 39.3 Å². The van der Waals surface area contributed by atoms with Crippen LogP contribution in [0.5, 0.6) is 0 Å². The van der Waals surface area contributed by atoms with Crippen molar-refractivity contribution < 1.29 is 14.3 Å². The largest absolute Gasteiger partial charge is 0.508 e. The van der Waals surface area contributed by atoms with Gasteiger partial charge in [-0.3, -0.25) is 0 Å². The van der Waals surface area contributed by atoms with Crippen LogP contribution in [-0.4, -0.2) is 12.8 Å². The molecule has 0 heterocycles. The number of anilines is 1. The summed E-state index contributed by atoms with van der Waals surface area (Å²) in [4.78, 5) is 11.5. The molecule has 4 nitrogen and oxygen atoms in total. The van der Waals surface area contributed by atoms with Crippen LogP contribution in [0.25, 0.3) is 0 Å². The first-order valence-electron chi connectivity index (χ1n) is 8.44. The van der Waals surface area contributed by atoms with Crippen LogP contribution in [0.1, 0.15) is 37.3 Å². The third-order valence-electron chi connectivity index (χ3n) is 3.59. The monoisotopic (exact) mass is 327 g/mol. The Balaban J connectivity index is 1.75. The van der Waals surface area contributed by atoms with Crippen LogP contribution in [0.2, 0.25) is 0 Å². The van der Waals surface area contributed by atoms with Gasteiger partial charge in [0.1, 0.15) is 6.61 Å². The molecule has 0 aliphatic rings. The zero-order chi connectivity index (χ0) is 17.0. The topological polar surface area (TPSA) is 47.6 Å². The number of unbranched alkanes of at least 4 members (excludes halogenated alkanes) is 2. The summed E-state index contributed by atoms with van der Waals surface area (Å²) >= 11 is 0. The molecule has 2 aromatic carbocycles. The minimum Gasteiger partial charge on any atom is -0.434 e. The summed E-state index contributed by atoms with van der Waals surface area (Å²) in [5, 5.41) is 3.37. The van der Waals surface area contributed by atoms with Gasteiger partial charge in [0, 0.05) is 12.2 Å². The van der Waals surface area contributed by atoms with Crippen LogP contribution in [-0.2, 0) is 22.6 Å². The highest BCUT2D eigenvalue weighted by Gasteiger charge is 2.04. The van der Waals surface area contributed by atoms with E-state index in [1.807, 2.05) is 42.5 Å². The Bertz CT molecular complexity index is 613. The number of carbonyl (C=O) groups is 1. The predicted octanol–water partition coefficient (Wildman–Crippen LogP) is 5.14. The quantitative estimate of drug-likeness (QED) is 0.511. The second-order valence-electron chi connectivity index (χ2n) is 5.63. The summed E-state index contributed by atoms with van der Waals surface area (Å²) in [5.74, 6) is 0. The molecule has 0 saturated carbocycles. The van der Waals surface area contributed by atoms with Crippen LogP contribution in [0.15, 0.2) is 54.6 Å². The summed E-state index contributed by atoms with van der Waals surface area (Å²) in [7, 11) is 0. The molecule has 0 unspecified atom stereocenters. The van der Waals surface area contributed by atoms with Crippen LogP contribution in [0.3, 0.4) is 0 Å². The third-order valence-corrected chi connectivity index (χ3v) is 3.59. The van der Waals surface area contributed by atoms with Crippen molar-refractivity contribution in [3.8, 4) is 0 Å². The third kappa shape index (κ3) is 6.73. The molecule has 0 aliphatic heterocycles. The van der Waals surface area contributed by atoms with E-state index in [4.69, 9.17) is 9.47 Å². The molecule has 0 bridgehead atoms. The molecule has 0 amide bonds. The average Bonchev–Trinajstić information content (AvgIpc) is 2.63. The van der Waals surface area contributed by atoms with Gasteiger partial charge < -0.3 is 14.8 Å². The minimum absolute atomic E-state index is 0.216. The smallest absolute Gasteiger partial charge is 0.434 e. The van der Waals surface area contributed by atoms with E-state index in [-0.39, 0.29) is 6.61 Å². The molecule has 0 fully saturated rings. The lowest BCUT2D eigenvalue weighted by Gasteiger charge is -2.09. The van der Waals surface area contributed by atoms with E-state index in [0.29, 0.717) is 6.61 Å². The molecule has 0 saturated heterocycles. The molecule has 0 aliphatic carbocycles. The van der Waals surface area contributed by atoms with Crippen LogP contribution in [0.4, 0.5) is 10.5 Å². The number of nitrogens with one attached hydrogen (secondary N) is 1. The Labute approximate surface area is 143 Å². The Hall–Kier alpha value is -2.49. The summed E-state index contributed by atoms with van der Waals surface area (Å²) in [6, 6.07) is 18.0. The second-order valence-corrected chi connectivity index (χ2v) is 5.63. The van der Waals surface area contributed by atoms with Gasteiger partial charge in [-0.1, -0.05) is 62.2 Å². The van der Waals surface area contributed by atoms with E-state index >= 15 is 0 Å². The molecule has 0 spiro atoms. The van der Waals surface area contributed by atoms with Crippen molar-refractivity contribution in [1.82, 2.24) is 0 Å². The zero-order valence-corrected chi connectivity index (χ0v) is 14.2. The number of hydrogen-bond acceptors (Lipinski definition) is 4. The lowest BCUT2D eigenvalue weighted by atomic mass is 10.2. The Kier molecular flexibility index (Phi) is 7.68. The van der Waals surface area contributed by atoms with E-state index in [1.54, 1.807) is 0 Å². The van der Waals surface area contributed by atoms with Gasteiger partial charge in [-0.25, -0.2) is 4.79 Å². The van der Waals surface area contributed by atoms with Gasteiger partial charge in [0.25, 0.3) is 0 Å². The maximum absolute atomic E-state index is 11.5.